The average molecular weight is 248 g/mol. The summed E-state index contributed by atoms with van der Waals surface area (Å²) in [5, 5.41) is 3.49. The maximum atomic E-state index is 11.4. The third kappa shape index (κ3) is 2.89. The van der Waals surface area contributed by atoms with Crippen molar-refractivity contribution in [3.63, 3.8) is 0 Å². The summed E-state index contributed by atoms with van der Waals surface area (Å²) in [6.07, 6.45) is 7.07. The van der Waals surface area contributed by atoms with Crippen LogP contribution in [-0.2, 0) is 9.53 Å². The maximum Gasteiger partial charge on any atom is 0.308 e. The fourth-order valence-electron chi connectivity index (χ4n) is 3.09. The highest BCUT2D eigenvalue weighted by Crippen LogP contribution is 2.43. The average Bonchev–Trinajstić information content (AvgIpc) is 2.30. The highest BCUT2D eigenvalue weighted by Gasteiger charge is 2.38. The van der Waals surface area contributed by atoms with Crippen LogP contribution >= 0.6 is 12.4 Å². The van der Waals surface area contributed by atoms with Crippen molar-refractivity contribution in [2.45, 2.75) is 38.5 Å². The predicted molar refractivity (Wildman–Crippen MR) is 65.8 cm³/mol. The highest BCUT2D eigenvalue weighted by atomic mass is 35.5. The number of piperidine rings is 1. The van der Waals surface area contributed by atoms with Gasteiger partial charge in [0.05, 0.1) is 13.0 Å². The van der Waals surface area contributed by atoms with Crippen molar-refractivity contribution in [1.82, 2.24) is 5.32 Å². The molecule has 94 valence electrons. The van der Waals surface area contributed by atoms with E-state index in [4.69, 9.17) is 4.74 Å². The Kier molecular flexibility index (Phi) is 5.06. The Balaban J connectivity index is 0.00000128. The number of ether oxygens (including phenoxy) is 1. The summed E-state index contributed by atoms with van der Waals surface area (Å²) in [5.41, 5.74) is 0.503. The van der Waals surface area contributed by atoms with Crippen molar-refractivity contribution in [2.24, 2.45) is 11.3 Å². The van der Waals surface area contributed by atoms with Gasteiger partial charge in [-0.1, -0.05) is 0 Å². The molecule has 1 N–H and O–H groups in total. The molecule has 4 heteroatoms. The van der Waals surface area contributed by atoms with E-state index in [1.165, 1.54) is 39.3 Å². The summed E-state index contributed by atoms with van der Waals surface area (Å²) in [6.45, 7) is 2.32. The van der Waals surface area contributed by atoms with Crippen LogP contribution in [0, 0.1) is 11.3 Å². The number of carbonyl (C=O) groups excluding carboxylic acids is 1. The van der Waals surface area contributed by atoms with Crippen LogP contribution < -0.4 is 5.32 Å². The fraction of sp³-hybridized carbons (Fsp3) is 0.917. The summed E-state index contributed by atoms with van der Waals surface area (Å²) >= 11 is 0. The second-order valence-corrected chi connectivity index (χ2v) is 5.08. The van der Waals surface area contributed by atoms with Gasteiger partial charge in [-0.05, 0) is 50.5 Å². The quantitative estimate of drug-likeness (QED) is 0.722. The molecule has 1 spiro atoms. The number of hydrogen-bond donors (Lipinski definition) is 1. The number of methoxy groups -OCH3 is 1. The van der Waals surface area contributed by atoms with Crippen molar-refractivity contribution in [2.75, 3.05) is 20.2 Å². The zero-order valence-corrected chi connectivity index (χ0v) is 10.8. The Labute approximate surface area is 104 Å². The van der Waals surface area contributed by atoms with Crippen LogP contribution in [0.4, 0.5) is 0 Å². The lowest BCUT2D eigenvalue weighted by molar-refractivity contribution is -0.147. The van der Waals surface area contributed by atoms with Gasteiger partial charge in [-0.25, -0.2) is 0 Å². The summed E-state index contributed by atoms with van der Waals surface area (Å²) in [7, 11) is 1.49. The maximum absolute atomic E-state index is 11.4. The number of esters is 1. The molecule has 2 aliphatic rings. The van der Waals surface area contributed by atoms with Crippen molar-refractivity contribution >= 4 is 18.4 Å². The van der Waals surface area contributed by atoms with Crippen molar-refractivity contribution in [1.29, 1.82) is 0 Å². The molecule has 1 heterocycles. The highest BCUT2D eigenvalue weighted by molar-refractivity contribution is 5.85. The molecule has 1 aliphatic carbocycles. The van der Waals surface area contributed by atoms with Gasteiger partial charge in [0.25, 0.3) is 0 Å². The van der Waals surface area contributed by atoms with E-state index in [-0.39, 0.29) is 24.3 Å². The standard InChI is InChI=1S/C12H21NO2.ClH/c1-15-11(14)10-3-6-12(7-4-10)5-2-8-13-9-12;/h10,13H,2-9H2,1H3;1H. The third-order valence-corrected chi connectivity index (χ3v) is 4.14. The first-order valence-corrected chi connectivity index (χ1v) is 6.04. The summed E-state index contributed by atoms with van der Waals surface area (Å²) in [4.78, 5) is 11.4. The number of nitrogens with one attached hydrogen (secondary N) is 1. The molecule has 0 aromatic heterocycles. The monoisotopic (exact) mass is 247 g/mol. The molecule has 16 heavy (non-hydrogen) atoms. The zero-order valence-electron chi connectivity index (χ0n) is 9.96. The van der Waals surface area contributed by atoms with Crippen LogP contribution in [-0.4, -0.2) is 26.2 Å². The minimum absolute atomic E-state index is 0. The van der Waals surface area contributed by atoms with Crippen LogP contribution in [0.1, 0.15) is 38.5 Å². The number of carbonyl (C=O) groups is 1. The van der Waals surface area contributed by atoms with E-state index >= 15 is 0 Å². The van der Waals surface area contributed by atoms with Crippen molar-refractivity contribution < 1.29 is 9.53 Å². The van der Waals surface area contributed by atoms with Gasteiger partial charge >= 0.3 is 5.97 Å². The molecule has 0 amide bonds. The summed E-state index contributed by atoms with van der Waals surface area (Å²) in [6, 6.07) is 0. The molecule has 0 radical (unpaired) electrons. The molecule has 0 bridgehead atoms. The second-order valence-electron chi connectivity index (χ2n) is 5.08. The third-order valence-electron chi connectivity index (χ3n) is 4.14. The van der Waals surface area contributed by atoms with Crippen LogP contribution in [0.3, 0.4) is 0 Å². The zero-order chi connectivity index (χ0) is 10.7. The molecule has 2 rings (SSSR count). The van der Waals surface area contributed by atoms with Gasteiger partial charge in [-0.3, -0.25) is 4.79 Å². The van der Waals surface area contributed by atoms with Crippen molar-refractivity contribution in [3.05, 3.63) is 0 Å². The van der Waals surface area contributed by atoms with E-state index in [0.29, 0.717) is 5.41 Å². The van der Waals surface area contributed by atoms with E-state index in [9.17, 15) is 4.79 Å². The molecule has 0 aromatic rings. The Hall–Kier alpha value is -0.280. The van der Waals surface area contributed by atoms with Gasteiger partial charge in [-0.15, -0.1) is 12.4 Å². The Morgan fingerprint density at radius 1 is 1.31 bits per heavy atom. The first-order chi connectivity index (χ1) is 7.26. The predicted octanol–water partition coefficient (Wildman–Crippen LogP) is 2.14. The van der Waals surface area contributed by atoms with Gasteiger partial charge < -0.3 is 10.1 Å². The molecule has 0 aromatic carbocycles. The van der Waals surface area contributed by atoms with Gasteiger partial charge in [0, 0.05) is 6.54 Å². The molecular formula is C12H22ClNO2. The molecular weight excluding hydrogens is 226 g/mol. The van der Waals surface area contributed by atoms with E-state index in [2.05, 4.69) is 5.32 Å². The lowest BCUT2D eigenvalue weighted by atomic mass is 9.67. The lowest BCUT2D eigenvalue weighted by Gasteiger charge is -2.42. The summed E-state index contributed by atoms with van der Waals surface area (Å²) in [5.74, 6) is 0.163. The Bertz CT molecular complexity index is 229. The van der Waals surface area contributed by atoms with E-state index < -0.39 is 0 Å². The van der Waals surface area contributed by atoms with Crippen molar-refractivity contribution in [3.8, 4) is 0 Å². The molecule has 3 nitrogen and oxygen atoms in total. The number of rotatable bonds is 1. The van der Waals surface area contributed by atoms with Crippen LogP contribution in [0.5, 0.6) is 0 Å². The first kappa shape index (κ1) is 13.8. The van der Waals surface area contributed by atoms with E-state index in [1.807, 2.05) is 0 Å². The Morgan fingerprint density at radius 2 is 2.00 bits per heavy atom. The number of hydrogen-bond acceptors (Lipinski definition) is 3. The molecule has 2 fully saturated rings. The van der Waals surface area contributed by atoms with E-state index in [1.54, 1.807) is 0 Å². The first-order valence-electron chi connectivity index (χ1n) is 6.04. The van der Waals surface area contributed by atoms with Crippen LogP contribution in [0.15, 0.2) is 0 Å². The summed E-state index contributed by atoms with van der Waals surface area (Å²) < 4.78 is 4.81. The SMILES string of the molecule is COC(=O)C1CCC2(CCCNC2)CC1.Cl. The molecule has 0 unspecified atom stereocenters. The molecule has 1 saturated carbocycles. The normalized spacial score (nSPS) is 34.2. The second kappa shape index (κ2) is 5.87. The Morgan fingerprint density at radius 3 is 2.50 bits per heavy atom. The largest absolute Gasteiger partial charge is 0.469 e. The molecule has 0 atom stereocenters. The van der Waals surface area contributed by atoms with Crippen LogP contribution in [0.25, 0.3) is 0 Å². The fourth-order valence-corrected chi connectivity index (χ4v) is 3.09. The smallest absolute Gasteiger partial charge is 0.308 e. The van der Waals surface area contributed by atoms with Gasteiger partial charge in [0.2, 0.25) is 0 Å². The van der Waals surface area contributed by atoms with Gasteiger partial charge in [-0.2, -0.15) is 0 Å². The topological polar surface area (TPSA) is 38.3 Å². The molecule has 1 aliphatic heterocycles. The minimum Gasteiger partial charge on any atom is -0.469 e. The number of halogens is 1. The van der Waals surface area contributed by atoms with Gasteiger partial charge in [0.15, 0.2) is 0 Å². The lowest BCUT2D eigenvalue weighted by Crippen LogP contribution is -2.43. The van der Waals surface area contributed by atoms with E-state index in [0.717, 1.165) is 19.4 Å². The molecule has 1 saturated heterocycles. The minimum atomic E-state index is -0.00591. The van der Waals surface area contributed by atoms with Gasteiger partial charge in [0.1, 0.15) is 0 Å². The van der Waals surface area contributed by atoms with Crippen LogP contribution in [0.2, 0.25) is 0 Å².